The van der Waals surface area contributed by atoms with Crippen LogP contribution in [0.25, 0.3) is 0 Å². The number of rotatable bonds is 3. The lowest BCUT2D eigenvalue weighted by molar-refractivity contribution is 0.301. The summed E-state index contributed by atoms with van der Waals surface area (Å²) in [6, 6.07) is 2.96. The van der Waals surface area contributed by atoms with E-state index in [9.17, 15) is 0 Å². The van der Waals surface area contributed by atoms with Crippen molar-refractivity contribution in [3.63, 3.8) is 0 Å². The summed E-state index contributed by atoms with van der Waals surface area (Å²) in [6.45, 7) is 3.41. The highest BCUT2D eigenvalue weighted by Gasteiger charge is 2.18. The lowest BCUT2D eigenvalue weighted by Gasteiger charge is -2.27. The normalized spacial score (nSPS) is 26.8. The second-order valence-corrected chi connectivity index (χ2v) is 6.49. The van der Waals surface area contributed by atoms with Gasteiger partial charge in [0.2, 0.25) is 0 Å². The first-order valence-corrected chi connectivity index (χ1v) is 7.37. The number of nitrogens with one attached hydrogen (secondary N) is 1. The van der Waals surface area contributed by atoms with Gasteiger partial charge in [-0.05, 0) is 40.8 Å². The van der Waals surface area contributed by atoms with Gasteiger partial charge in [0.15, 0.2) is 0 Å². The molecule has 2 unspecified atom stereocenters. The van der Waals surface area contributed by atoms with Crippen LogP contribution in [-0.4, -0.2) is 6.04 Å². The molecule has 1 nitrogen and oxygen atoms in total. The highest BCUT2D eigenvalue weighted by atomic mass is 79.9. The zero-order valence-corrected chi connectivity index (χ0v) is 11.5. The molecule has 0 bridgehead atoms. The van der Waals surface area contributed by atoms with Crippen LogP contribution in [0.5, 0.6) is 0 Å². The van der Waals surface area contributed by atoms with Crippen LogP contribution in [-0.2, 0) is 6.54 Å². The van der Waals surface area contributed by atoms with E-state index in [0.717, 1.165) is 18.5 Å². The van der Waals surface area contributed by atoms with E-state index in [4.69, 9.17) is 0 Å². The predicted molar refractivity (Wildman–Crippen MR) is 70.3 cm³/mol. The highest BCUT2D eigenvalue weighted by Crippen LogP contribution is 2.24. The maximum absolute atomic E-state index is 3.67. The Labute approximate surface area is 104 Å². The Morgan fingerprint density at radius 3 is 3.07 bits per heavy atom. The van der Waals surface area contributed by atoms with Crippen molar-refractivity contribution in [1.29, 1.82) is 0 Å². The van der Waals surface area contributed by atoms with E-state index in [1.165, 1.54) is 35.0 Å². The molecule has 1 saturated carbocycles. The highest BCUT2D eigenvalue weighted by molar-refractivity contribution is 9.10. The van der Waals surface area contributed by atoms with Crippen LogP contribution >= 0.6 is 27.3 Å². The van der Waals surface area contributed by atoms with Gasteiger partial charge in [0.1, 0.15) is 0 Å². The van der Waals surface area contributed by atoms with Crippen LogP contribution in [0.1, 0.15) is 37.5 Å². The minimum absolute atomic E-state index is 0.745. The molecule has 0 amide bonds. The second kappa shape index (κ2) is 5.46. The zero-order valence-electron chi connectivity index (χ0n) is 9.13. The van der Waals surface area contributed by atoms with Gasteiger partial charge in [-0.1, -0.05) is 19.8 Å². The molecule has 1 fully saturated rings. The molecular weight excluding hydrogens is 270 g/mol. The van der Waals surface area contributed by atoms with Crippen LogP contribution in [0, 0.1) is 5.92 Å². The standard InChI is InChI=1S/C12H18BrNS/c1-9-3-2-4-11(5-9)14-7-12-6-10(13)8-15-12/h6,8-9,11,14H,2-5,7H2,1H3. The fourth-order valence-electron chi connectivity index (χ4n) is 2.31. The van der Waals surface area contributed by atoms with Gasteiger partial charge in [0.25, 0.3) is 0 Å². The van der Waals surface area contributed by atoms with Crippen molar-refractivity contribution in [3.05, 3.63) is 20.8 Å². The van der Waals surface area contributed by atoms with E-state index < -0.39 is 0 Å². The molecule has 1 aromatic heterocycles. The Kier molecular flexibility index (Phi) is 4.23. The Hall–Kier alpha value is 0.140. The Balaban J connectivity index is 1.77. The lowest BCUT2D eigenvalue weighted by atomic mass is 9.87. The van der Waals surface area contributed by atoms with E-state index in [1.807, 2.05) is 11.3 Å². The van der Waals surface area contributed by atoms with Crippen LogP contribution in [0.15, 0.2) is 15.9 Å². The topological polar surface area (TPSA) is 12.0 Å². The number of hydrogen-bond acceptors (Lipinski definition) is 2. The largest absolute Gasteiger partial charge is 0.309 e. The van der Waals surface area contributed by atoms with Crippen LogP contribution < -0.4 is 5.32 Å². The first kappa shape index (κ1) is 11.6. The van der Waals surface area contributed by atoms with Crippen molar-refractivity contribution >= 4 is 27.3 Å². The smallest absolute Gasteiger partial charge is 0.0302 e. The summed E-state index contributed by atoms with van der Waals surface area (Å²) < 4.78 is 1.21. The van der Waals surface area contributed by atoms with Gasteiger partial charge in [0.05, 0.1) is 0 Å². The maximum atomic E-state index is 3.67. The molecule has 1 N–H and O–H groups in total. The average molecular weight is 288 g/mol. The van der Waals surface area contributed by atoms with E-state index in [1.54, 1.807) is 0 Å². The Morgan fingerprint density at radius 2 is 2.40 bits per heavy atom. The van der Waals surface area contributed by atoms with E-state index >= 15 is 0 Å². The first-order valence-electron chi connectivity index (χ1n) is 5.70. The molecule has 0 saturated heterocycles. The van der Waals surface area contributed by atoms with Gasteiger partial charge in [-0.2, -0.15) is 0 Å². The summed E-state index contributed by atoms with van der Waals surface area (Å²) >= 11 is 5.32. The van der Waals surface area contributed by atoms with Crippen molar-refractivity contribution in [3.8, 4) is 0 Å². The fraction of sp³-hybridized carbons (Fsp3) is 0.667. The Morgan fingerprint density at radius 1 is 1.53 bits per heavy atom. The molecular formula is C12H18BrNS. The molecule has 1 heterocycles. The monoisotopic (exact) mass is 287 g/mol. The van der Waals surface area contributed by atoms with E-state index in [0.29, 0.717) is 0 Å². The number of thiophene rings is 1. The Bertz CT molecular complexity index is 310. The molecule has 0 aliphatic heterocycles. The third kappa shape index (κ3) is 3.58. The zero-order chi connectivity index (χ0) is 10.7. The maximum Gasteiger partial charge on any atom is 0.0302 e. The first-order chi connectivity index (χ1) is 7.24. The minimum atomic E-state index is 0.745. The fourth-order valence-corrected chi connectivity index (χ4v) is 3.71. The summed E-state index contributed by atoms with van der Waals surface area (Å²) in [5.74, 6) is 0.909. The van der Waals surface area contributed by atoms with Gasteiger partial charge < -0.3 is 5.32 Å². The molecule has 0 spiro atoms. The summed E-state index contributed by atoms with van der Waals surface area (Å²) in [7, 11) is 0. The molecule has 2 rings (SSSR count). The molecule has 1 aromatic rings. The molecule has 1 aliphatic rings. The van der Waals surface area contributed by atoms with Crippen molar-refractivity contribution < 1.29 is 0 Å². The third-order valence-electron chi connectivity index (χ3n) is 3.12. The van der Waals surface area contributed by atoms with Crippen molar-refractivity contribution in [2.45, 2.75) is 45.2 Å². The number of hydrogen-bond donors (Lipinski definition) is 1. The van der Waals surface area contributed by atoms with Crippen LogP contribution in [0.4, 0.5) is 0 Å². The summed E-state index contributed by atoms with van der Waals surface area (Å²) in [5.41, 5.74) is 0. The molecule has 3 heteroatoms. The molecule has 15 heavy (non-hydrogen) atoms. The van der Waals surface area contributed by atoms with Gasteiger partial charge in [-0.25, -0.2) is 0 Å². The third-order valence-corrected chi connectivity index (χ3v) is 4.82. The second-order valence-electron chi connectivity index (χ2n) is 4.58. The van der Waals surface area contributed by atoms with Crippen molar-refractivity contribution in [1.82, 2.24) is 5.32 Å². The van der Waals surface area contributed by atoms with Gasteiger partial charge in [-0.3, -0.25) is 0 Å². The SMILES string of the molecule is CC1CCCC(NCc2cc(Br)cs2)C1. The quantitative estimate of drug-likeness (QED) is 0.880. The van der Waals surface area contributed by atoms with Gasteiger partial charge in [0, 0.05) is 27.3 Å². The lowest BCUT2D eigenvalue weighted by Crippen LogP contribution is -2.32. The molecule has 0 aromatic carbocycles. The minimum Gasteiger partial charge on any atom is -0.309 e. The van der Waals surface area contributed by atoms with Crippen molar-refractivity contribution in [2.75, 3.05) is 0 Å². The van der Waals surface area contributed by atoms with Gasteiger partial charge >= 0.3 is 0 Å². The van der Waals surface area contributed by atoms with Crippen molar-refractivity contribution in [2.24, 2.45) is 5.92 Å². The van der Waals surface area contributed by atoms with Gasteiger partial charge in [-0.15, -0.1) is 11.3 Å². The average Bonchev–Trinajstić information content (AvgIpc) is 2.62. The molecule has 0 radical (unpaired) electrons. The molecule has 1 aliphatic carbocycles. The summed E-state index contributed by atoms with van der Waals surface area (Å²) in [5, 5.41) is 5.82. The molecule has 84 valence electrons. The summed E-state index contributed by atoms with van der Waals surface area (Å²) in [4.78, 5) is 1.43. The number of halogens is 1. The van der Waals surface area contributed by atoms with E-state index in [2.05, 4.69) is 39.6 Å². The molecule has 2 atom stereocenters. The van der Waals surface area contributed by atoms with Crippen LogP contribution in [0.2, 0.25) is 0 Å². The van der Waals surface area contributed by atoms with E-state index in [-0.39, 0.29) is 0 Å². The summed E-state index contributed by atoms with van der Waals surface area (Å²) in [6.07, 6.45) is 5.53. The predicted octanol–water partition coefficient (Wildman–Crippen LogP) is 4.18. The van der Waals surface area contributed by atoms with Crippen LogP contribution in [0.3, 0.4) is 0 Å².